The Balaban J connectivity index is 2.20. The lowest BCUT2D eigenvalue weighted by atomic mass is 10.2. The fourth-order valence-corrected chi connectivity index (χ4v) is 1.42. The molecule has 2 aromatic rings. The fraction of sp³-hybridized carbons (Fsp3) is 0.182. The number of aryl methyl sites for hydroxylation is 1. The zero-order valence-corrected chi connectivity index (χ0v) is 9.54. The number of carbonyl (C=O) groups excluding carboxylic acids is 1. The lowest BCUT2D eigenvalue weighted by molar-refractivity contribution is 0.102. The first-order chi connectivity index (χ1) is 8.20. The minimum absolute atomic E-state index is 0.275. The first-order valence-corrected chi connectivity index (χ1v) is 5.01. The van der Waals surface area contributed by atoms with Crippen LogP contribution in [0.1, 0.15) is 10.4 Å². The van der Waals surface area contributed by atoms with Crippen LogP contribution in [0.15, 0.2) is 30.5 Å². The van der Waals surface area contributed by atoms with Crippen LogP contribution < -0.4 is 10.1 Å². The highest BCUT2D eigenvalue weighted by Gasteiger charge is 2.12. The number of benzene rings is 1. The standard InChI is InChI=1S/C11H12N4O2/c1-15-12-7-10(14-15)13-11(16)8-5-3-4-6-9(8)17-2/h3-7H,1-2H3,(H,13,14,16). The average molecular weight is 232 g/mol. The van der Waals surface area contributed by atoms with E-state index in [4.69, 9.17) is 4.74 Å². The zero-order chi connectivity index (χ0) is 12.3. The summed E-state index contributed by atoms with van der Waals surface area (Å²) < 4.78 is 5.11. The van der Waals surface area contributed by atoms with Crippen molar-refractivity contribution < 1.29 is 9.53 Å². The summed E-state index contributed by atoms with van der Waals surface area (Å²) in [5.41, 5.74) is 0.459. The highest BCUT2D eigenvalue weighted by Crippen LogP contribution is 2.18. The van der Waals surface area contributed by atoms with Crippen LogP contribution in [0.25, 0.3) is 0 Å². The first-order valence-electron chi connectivity index (χ1n) is 5.01. The topological polar surface area (TPSA) is 69.0 Å². The van der Waals surface area contributed by atoms with Gasteiger partial charge in [-0.25, -0.2) is 0 Å². The van der Waals surface area contributed by atoms with Crippen molar-refractivity contribution in [1.82, 2.24) is 15.0 Å². The van der Waals surface area contributed by atoms with Gasteiger partial charge in [-0.3, -0.25) is 4.79 Å². The number of rotatable bonds is 3. The number of para-hydroxylation sites is 1. The molecular weight excluding hydrogens is 220 g/mol. The largest absolute Gasteiger partial charge is 0.496 e. The Hall–Kier alpha value is -2.37. The molecule has 17 heavy (non-hydrogen) atoms. The van der Waals surface area contributed by atoms with Crippen molar-refractivity contribution in [3.05, 3.63) is 36.0 Å². The minimum atomic E-state index is -0.275. The van der Waals surface area contributed by atoms with Crippen molar-refractivity contribution >= 4 is 11.7 Å². The van der Waals surface area contributed by atoms with Crippen LogP contribution in [0.3, 0.4) is 0 Å². The van der Waals surface area contributed by atoms with Crippen LogP contribution in [0.2, 0.25) is 0 Å². The number of carbonyl (C=O) groups is 1. The van der Waals surface area contributed by atoms with E-state index in [0.29, 0.717) is 17.1 Å². The summed E-state index contributed by atoms with van der Waals surface area (Å²) in [5.74, 6) is 0.653. The van der Waals surface area contributed by atoms with Crippen molar-refractivity contribution in [2.75, 3.05) is 12.4 Å². The Morgan fingerprint density at radius 3 is 2.82 bits per heavy atom. The number of hydrogen-bond acceptors (Lipinski definition) is 4. The molecule has 0 saturated carbocycles. The second-order valence-electron chi connectivity index (χ2n) is 3.37. The van der Waals surface area contributed by atoms with E-state index >= 15 is 0 Å². The van der Waals surface area contributed by atoms with Crippen LogP contribution in [-0.2, 0) is 7.05 Å². The highest BCUT2D eigenvalue weighted by atomic mass is 16.5. The zero-order valence-electron chi connectivity index (χ0n) is 9.54. The summed E-state index contributed by atoms with van der Waals surface area (Å²) in [6, 6.07) is 6.99. The molecule has 0 fully saturated rings. The van der Waals surface area contributed by atoms with E-state index in [-0.39, 0.29) is 5.91 Å². The molecule has 0 bridgehead atoms. The summed E-state index contributed by atoms with van der Waals surface area (Å²) in [6.45, 7) is 0. The molecule has 1 amide bonds. The highest BCUT2D eigenvalue weighted by molar-refractivity contribution is 6.05. The number of amides is 1. The molecule has 0 saturated heterocycles. The van der Waals surface area contributed by atoms with Crippen LogP contribution in [0.5, 0.6) is 5.75 Å². The predicted octanol–water partition coefficient (Wildman–Crippen LogP) is 1.08. The third-order valence-corrected chi connectivity index (χ3v) is 2.19. The molecule has 88 valence electrons. The summed E-state index contributed by atoms with van der Waals surface area (Å²) in [6.07, 6.45) is 1.48. The van der Waals surface area contributed by atoms with Crippen molar-refractivity contribution in [2.45, 2.75) is 0 Å². The monoisotopic (exact) mass is 232 g/mol. The van der Waals surface area contributed by atoms with Crippen LogP contribution >= 0.6 is 0 Å². The predicted molar refractivity (Wildman–Crippen MR) is 62.0 cm³/mol. The van der Waals surface area contributed by atoms with E-state index in [1.165, 1.54) is 18.1 Å². The number of methoxy groups -OCH3 is 1. The summed E-state index contributed by atoms with van der Waals surface area (Å²) in [7, 11) is 3.20. The Morgan fingerprint density at radius 1 is 1.41 bits per heavy atom. The van der Waals surface area contributed by atoms with E-state index in [0.717, 1.165) is 0 Å². The van der Waals surface area contributed by atoms with Gasteiger partial charge in [-0.2, -0.15) is 9.90 Å². The van der Waals surface area contributed by atoms with Gasteiger partial charge in [-0.1, -0.05) is 12.1 Å². The number of hydrogen-bond donors (Lipinski definition) is 1. The van der Waals surface area contributed by atoms with Crippen LogP contribution in [-0.4, -0.2) is 28.0 Å². The van der Waals surface area contributed by atoms with E-state index in [1.54, 1.807) is 31.3 Å². The maximum absolute atomic E-state index is 11.9. The molecule has 0 aliphatic heterocycles. The minimum Gasteiger partial charge on any atom is -0.496 e. The quantitative estimate of drug-likeness (QED) is 0.859. The van der Waals surface area contributed by atoms with Crippen LogP contribution in [0, 0.1) is 0 Å². The van der Waals surface area contributed by atoms with Gasteiger partial charge in [0.15, 0.2) is 5.82 Å². The lowest BCUT2D eigenvalue weighted by Crippen LogP contribution is -2.13. The SMILES string of the molecule is COc1ccccc1C(=O)Nc1cnn(C)n1. The van der Waals surface area contributed by atoms with Crippen molar-refractivity contribution in [2.24, 2.45) is 7.05 Å². The Morgan fingerprint density at radius 2 is 2.18 bits per heavy atom. The summed E-state index contributed by atoms with van der Waals surface area (Å²) >= 11 is 0. The van der Waals surface area contributed by atoms with E-state index in [1.807, 2.05) is 0 Å². The first kappa shape index (κ1) is 11.1. The van der Waals surface area contributed by atoms with Gasteiger partial charge in [0.2, 0.25) is 0 Å². The van der Waals surface area contributed by atoms with Crippen molar-refractivity contribution in [3.63, 3.8) is 0 Å². The maximum Gasteiger partial charge on any atom is 0.260 e. The number of nitrogens with one attached hydrogen (secondary N) is 1. The van der Waals surface area contributed by atoms with Gasteiger partial charge >= 0.3 is 0 Å². The van der Waals surface area contributed by atoms with Gasteiger partial charge in [-0.15, -0.1) is 5.10 Å². The molecule has 0 radical (unpaired) electrons. The van der Waals surface area contributed by atoms with Crippen molar-refractivity contribution in [3.8, 4) is 5.75 Å². The molecule has 0 aliphatic rings. The van der Waals surface area contributed by atoms with Gasteiger partial charge in [0, 0.05) is 7.05 Å². The molecule has 6 nitrogen and oxygen atoms in total. The molecule has 0 spiro atoms. The smallest absolute Gasteiger partial charge is 0.260 e. The van der Waals surface area contributed by atoms with Gasteiger partial charge < -0.3 is 10.1 Å². The number of ether oxygens (including phenoxy) is 1. The molecule has 1 N–H and O–H groups in total. The Kier molecular flexibility index (Phi) is 3.04. The Bertz CT molecular complexity index is 536. The van der Waals surface area contributed by atoms with E-state index in [9.17, 15) is 4.79 Å². The third-order valence-electron chi connectivity index (χ3n) is 2.19. The fourth-order valence-electron chi connectivity index (χ4n) is 1.42. The molecule has 6 heteroatoms. The Labute approximate surface area is 98.2 Å². The number of anilines is 1. The molecule has 1 aromatic heterocycles. The summed E-state index contributed by atoms with van der Waals surface area (Å²) in [5, 5.41) is 10.5. The second kappa shape index (κ2) is 4.65. The van der Waals surface area contributed by atoms with Gasteiger partial charge in [0.25, 0.3) is 5.91 Å². The molecule has 0 aliphatic carbocycles. The average Bonchev–Trinajstić information content (AvgIpc) is 2.74. The third kappa shape index (κ3) is 2.41. The van der Waals surface area contributed by atoms with E-state index < -0.39 is 0 Å². The normalized spacial score (nSPS) is 10.0. The molecule has 0 unspecified atom stereocenters. The molecule has 0 atom stereocenters. The second-order valence-corrected chi connectivity index (χ2v) is 3.37. The molecule has 1 heterocycles. The van der Waals surface area contributed by atoms with Gasteiger partial charge in [0.05, 0.1) is 18.9 Å². The number of nitrogens with zero attached hydrogens (tertiary/aromatic N) is 3. The van der Waals surface area contributed by atoms with Gasteiger partial charge in [0.1, 0.15) is 5.75 Å². The van der Waals surface area contributed by atoms with E-state index in [2.05, 4.69) is 15.5 Å². The molecule has 1 aromatic carbocycles. The number of aromatic nitrogens is 3. The molecular formula is C11H12N4O2. The maximum atomic E-state index is 11.9. The summed E-state index contributed by atoms with van der Waals surface area (Å²) in [4.78, 5) is 13.3. The van der Waals surface area contributed by atoms with Crippen molar-refractivity contribution in [1.29, 1.82) is 0 Å². The van der Waals surface area contributed by atoms with Gasteiger partial charge in [-0.05, 0) is 12.1 Å². The molecule has 2 rings (SSSR count). The van der Waals surface area contributed by atoms with Crippen LogP contribution in [0.4, 0.5) is 5.82 Å². The lowest BCUT2D eigenvalue weighted by Gasteiger charge is -2.06.